The number of hydrogen-bond donors (Lipinski definition) is 0. The molecule has 0 amide bonds. The van der Waals surface area contributed by atoms with Crippen LogP contribution in [0.4, 0.5) is 0 Å². The molecule has 1 fully saturated rings. The molecule has 0 nitrogen and oxygen atoms in total. The zero-order chi connectivity index (χ0) is 34.6. The third-order valence-corrected chi connectivity index (χ3v) is 20.3. The molecule has 1 saturated heterocycles. The summed E-state index contributed by atoms with van der Waals surface area (Å²) in [7, 11) is 0. The molecule has 3 heteroatoms. The monoisotopic (exact) mass is 752 g/mol. The van der Waals surface area contributed by atoms with Gasteiger partial charge in [-0.25, -0.2) is 0 Å². The standard InChI is InChI=1S/2C23H27.C2H4.2ClH.Ti/c2*1-5-6-8-17-15-19-9-7-10-21(22(19)16-17)18-11-13-20(14-12-18)23(2,3)4;1-2;;;/h2*7,9-16H,5-6,8H2,1-4H3;1-2H2;2*1H;/q;;;;;+2/p-2. The van der Waals surface area contributed by atoms with E-state index in [1.165, 1.54) is 92.5 Å². The molecule has 0 saturated carbocycles. The number of fused-ring (bicyclic) bond motifs is 2. The molecule has 7 rings (SSSR count). The normalized spacial score (nSPS) is 18.0. The second-order valence-corrected chi connectivity index (χ2v) is 24.7. The first-order chi connectivity index (χ1) is 23.5. The van der Waals surface area contributed by atoms with Crippen molar-refractivity contribution in [2.75, 3.05) is 0 Å². The first-order valence-corrected chi connectivity index (χ1v) is 23.4. The molecule has 1 aliphatic heterocycles. The van der Waals surface area contributed by atoms with Crippen molar-refractivity contribution in [2.24, 2.45) is 0 Å². The SMILES string of the molecule is CCCCC1=Cc2c(-c3ccc(C(C)(C)C)cc3)cccc2[CH]1[Ti+2]1([CH]2C(CCCC)=Cc3c(-c4ccc(C(C)(C)C)cc4)cccc32)[CH2][CH2]1.[Cl-].[Cl-]. The minimum atomic E-state index is -2.47. The molecule has 2 unspecified atom stereocenters. The van der Waals surface area contributed by atoms with Crippen LogP contribution in [0.15, 0.2) is 96.1 Å². The van der Waals surface area contributed by atoms with Gasteiger partial charge < -0.3 is 24.8 Å². The van der Waals surface area contributed by atoms with Gasteiger partial charge in [-0.1, -0.05) is 0 Å². The molecule has 268 valence electrons. The van der Waals surface area contributed by atoms with Gasteiger partial charge in [-0.15, -0.1) is 0 Å². The van der Waals surface area contributed by atoms with Crippen LogP contribution in [0.1, 0.15) is 136 Å². The van der Waals surface area contributed by atoms with Crippen LogP contribution >= 0.6 is 0 Å². The first-order valence-electron chi connectivity index (χ1n) is 19.3. The molecule has 0 aromatic heterocycles. The number of benzene rings is 4. The van der Waals surface area contributed by atoms with Crippen molar-refractivity contribution in [1.29, 1.82) is 0 Å². The second-order valence-electron chi connectivity index (χ2n) is 17.5. The largest absolute Gasteiger partial charge is 1.00 e. The summed E-state index contributed by atoms with van der Waals surface area (Å²) in [5, 5.41) is 0. The fourth-order valence-electron chi connectivity index (χ4n) is 9.17. The van der Waals surface area contributed by atoms with Crippen molar-refractivity contribution >= 4 is 12.2 Å². The smallest absolute Gasteiger partial charge is 1.00 e. The molecule has 0 N–H and O–H groups in total. The van der Waals surface area contributed by atoms with Crippen LogP contribution in [-0.4, -0.2) is 0 Å². The van der Waals surface area contributed by atoms with Gasteiger partial charge in [0.2, 0.25) is 0 Å². The summed E-state index contributed by atoms with van der Waals surface area (Å²) in [6.45, 7) is 18.6. The van der Waals surface area contributed by atoms with Crippen molar-refractivity contribution in [3.05, 3.63) is 129 Å². The molecular weight excluding hydrogens is 695 g/mol. The molecule has 1 heterocycles. The molecule has 3 aliphatic rings. The summed E-state index contributed by atoms with van der Waals surface area (Å²) in [4.78, 5) is 0. The number of hydrogen-bond acceptors (Lipinski definition) is 0. The van der Waals surface area contributed by atoms with Crippen LogP contribution < -0.4 is 24.8 Å². The van der Waals surface area contributed by atoms with Crippen molar-refractivity contribution in [1.82, 2.24) is 0 Å². The van der Waals surface area contributed by atoms with Crippen molar-refractivity contribution in [3.63, 3.8) is 0 Å². The first kappa shape index (κ1) is 39.9. The van der Waals surface area contributed by atoms with Gasteiger partial charge in [0, 0.05) is 0 Å². The fourth-order valence-corrected chi connectivity index (χ4v) is 19.5. The molecule has 2 aliphatic carbocycles. The summed E-state index contributed by atoms with van der Waals surface area (Å²) in [6.07, 6.45) is 13.0. The van der Waals surface area contributed by atoms with E-state index in [0.29, 0.717) is 8.45 Å². The summed E-state index contributed by atoms with van der Waals surface area (Å²) < 4.78 is 4.34. The van der Waals surface area contributed by atoms with E-state index in [1.807, 2.05) is 0 Å². The molecule has 2 atom stereocenters. The van der Waals surface area contributed by atoms with Crippen LogP contribution in [-0.2, 0) is 27.4 Å². The predicted octanol–water partition coefficient (Wildman–Crippen LogP) is 8.58. The Labute approximate surface area is 325 Å². The third kappa shape index (κ3) is 7.56. The van der Waals surface area contributed by atoms with Crippen LogP contribution in [0.2, 0.25) is 9.45 Å². The number of allylic oxidation sites excluding steroid dienone is 2. The zero-order valence-electron chi connectivity index (χ0n) is 32.3. The topological polar surface area (TPSA) is 0 Å². The van der Waals surface area contributed by atoms with Gasteiger partial charge in [0.25, 0.3) is 0 Å². The Morgan fingerprint density at radius 1 is 0.529 bits per heavy atom. The Hall–Kier alpha value is -2.35. The van der Waals surface area contributed by atoms with E-state index in [0.717, 1.165) is 0 Å². The molecule has 0 spiro atoms. The number of rotatable bonds is 10. The summed E-state index contributed by atoms with van der Waals surface area (Å²) in [6, 6.07) is 33.6. The van der Waals surface area contributed by atoms with E-state index in [9.17, 15) is 0 Å². The Kier molecular flexibility index (Phi) is 12.2. The minimum absolute atomic E-state index is 0. The fraction of sp³-hybridized carbons (Fsp3) is 0.417. The summed E-state index contributed by atoms with van der Waals surface area (Å²) >= 11 is -2.47. The van der Waals surface area contributed by atoms with Gasteiger partial charge in [0.15, 0.2) is 0 Å². The number of halogens is 2. The van der Waals surface area contributed by atoms with E-state index < -0.39 is 16.6 Å². The molecule has 51 heavy (non-hydrogen) atoms. The van der Waals surface area contributed by atoms with Gasteiger partial charge >= 0.3 is 303 Å². The van der Waals surface area contributed by atoms with Crippen LogP contribution in [0.25, 0.3) is 34.4 Å². The van der Waals surface area contributed by atoms with E-state index in [4.69, 9.17) is 0 Å². The van der Waals surface area contributed by atoms with Gasteiger partial charge in [0.05, 0.1) is 0 Å². The Morgan fingerprint density at radius 3 is 1.22 bits per heavy atom. The summed E-state index contributed by atoms with van der Waals surface area (Å²) in [5.41, 5.74) is 18.7. The van der Waals surface area contributed by atoms with E-state index in [1.54, 1.807) is 22.3 Å². The minimum Gasteiger partial charge on any atom is -1.00 e. The van der Waals surface area contributed by atoms with Crippen molar-refractivity contribution in [2.45, 2.75) is 123 Å². The second kappa shape index (κ2) is 15.6. The van der Waals surface area contributed by atoms with Gasteiger partial charge in [0.1, 0.15) is 0 Å². The Bertz CT molecular complexity index is 1760. The average molecular weight is 754 g/mol. The van der Waals surface area contributed by atoms with Crippen molar-refractivity contribution in [3.8, 4) is 22.3 Å². The average Bonchev–Trinajstić information content (AvgIpc) is 3.62. The van der Waals surface area contributed by atoms with Gasteiger partial charge in [-0.05, 0) is 0 Å². The quantitative estimate of drug-likeness (QED) is 0.143. The Morgan fingerprint density at radius 2 is 0.902 bits per heavy atom. The van der Waals surface area contributed by atoms with E-state index >= 15 is 0 Å². The molecule has 4 aromatic rings. The maximum absolute atomic E-state index is 2.69. The van der Waals surface area contributed by atoms with Gasteiger partial charge in [-0.3, -0.25) is 0 Å². The summed E-state index contributed by atoms with van der Waals surface area (Å²) in [5.74, 6) is 0. The molecule has 0 bridgehead atoms. The van der Waals surface area contributed by atoms with E-state index in [-0.39, 0.29) is 35.6 Å². The number of unbranched alkanes of at least 4 members (excludes halogenated alkanes) is 2. The third-order valence-electron chi connectivity index (χ3n) is 12.0. The van der Waals surface area contributed by atoms with Crippen molar-refractivity contribution < 1.29 is 41.4 Å². The van der Waals surface area contributed by atoms with Gasteiger partial charge in [-0.2, -0.15) is 0 Å². The molecule has 4 aromatic carbocycles. The predicted molar refractivity (Wildman–Crippen MR) is 211 cm³/mol. The molecule has 0 radical (unpaired) electrons. The van der Waals surface area contributed by atoms with Crippen LogP contribution in [0.3, 0.4) is 0 Å². The maximum Gasteiger partial charge on any atom is -1.00 e. The van der Waals surface area contributed by atoms with E-state index in [2.05, 4.69) is 152 Å². The zero-order valence-corrected chi connectivity index (χ0v) is 35.4. The van der Waals surface area contributed by atoms with Crippen LogP contribution in [0.5, 0.6) is 0 Å². The maximum atomic E-state index is 2.69. The van der Waals surface area contributed by atoms with Crippen LogP contribution in [0, 0.1) is 0 Å². The Balaban J connectivity index is 0.00000252. The molecular formula is C48H58Cl2Ti.